The number of halogens is 1. The van der Waals surface area contributed by atoms with Crippen molar-refractivity contribution in [2.45, 2.75) is 20.3 Å². The van der Waals surface area contributed by atoms with Crippen LogP contribution in [0.2, 0.25) is 5.02 Å². The van der Waals surface area contributed by atoms with Crippen molar-refractivity contribution >= 4 is 17.6 Å². The van der Waals surface area contributed by atoms with Gasteiger partial charge in [-0.2, -0.15) is 4.98 Å². The zero-order valence-electron chi connectivity index (χ0n) is 14.6. The molecule has 1 aromatic heterocycles. The second-order valence-corrected chi connectivity index (χ2v) is 5.59. The van der Waals surface area contributed by atoms with Gasteiger partial charge in [0.1, 0.15) is 0 Å². The molecule has 2 aromatic rings. The molecule has 1 heterocycles. The molecule has 0 spiro atoms. The van der Waals surface area contributed by atoms with E-state index in [1.54, 1.807) is 0 Å². The van der Waals surface area contributed by atoms with Crippen LogP contribution >= 0.6 is 11.6 Å². The van der Waals surface area contributed by atoms with Crippen molar-refractivity contribution in [2.75, 3.05) is 32.8 Å². The molecular formula is C17H24ClN5O2. The Kier molecular flexibility index (Phi) is 8.21. The zero-order chi connectivity index (χ0) is 17.9. The van der Waals surface area contributed by atoms with Gasteiger partial charge in [-0.1, -0.05) is 28.9 Å². The van der Waals surface area contributed by atoms with Gasteiger partial charge in [0, 0.05) is 36.7 Å². The first-order chi connectivity index (χ1) is 12.2. The molecule has 1 aromatic carbocycles. The van der Waals surface area contributed by atoms with Crippen molar-refractivity contribution < 1.29 is 9.26 Å². The first-order valence-electron chi connectivity index (χ1n) is 8.41. The Balaban J connectivity index is 1.84. The van der Waals surface area contributed by atoms with Crippen molar-refractivity contribution in [3.05, 3.63) is 35.2 Å². The average molecular weight is 366 g/mol. The third kappa shape index (κ3) is 6.72. The lowest BCUT2D eigenvalue weighted by atomic mass is 10.2. The van der Waals surface area contributed by atoms with Crippen molar-refractivity contribution in [1.82, 2.24) is 20.8 Å². The first kappa shape index (κ1) is 19.2. The number of nitrogens with zero attached hydrogens (tertiary/aromatic N) is 3. The smallest absolute Gasteiger partial charge is 0.228 e. The molecule has 0 bridgehead atoms. The van der Waals surface area contributed by atoms with Crippen LogP contribution in [0, 0.1) is 0 Å². The lowest BCUT2D eigenvalue weighted by Crippen LogP contribution is -2.38. The maximum absolute atomic E-state index is 5.99. The minimum Gasteiger partial charge on any atom is -0.380 e. The molecule has 0 aliphatic rings. The zero-order valence-corrected chi connectivity index (χ0v) is 15.3. The molecule has 2 rings (SSSR count). The van der Waals surface area contributed by atoms with Gasteiger partial charge in [-0.3, -0.25) is 4.99 Å². The lowest BCUT2D eigenvalue weighted by Gasteiger charge is -2.10. The summed E-state index contributed by atoms with van der Waals surface area (Å²) in [5.41, 5.74) is 0.835. The van der Waals surface area contributed by atoms with Crippen LogP contribution in [0.25, 0.3) is 11.4 Å². The Morgan fingerprint density at radius 3 is 2.96 bits per heavy atom. The van der Waals surface area contributed by atoms with Crippen molar-refractivity contribution in [2.24, 2.45) is 4.99 Å². The van der Waals surface area contributed by atoms with Crippen molar-refractivity contribution in [1.29, 1.82) is 0 Å². The molecule has 0 unspecified atom stereocenters. The predicted molar refractivity (Wildman–Crippen MR) is 98.9 cm³/mol. The number of rotatable bonds is 9. The molecule has 25 heavy (non-hydrogen) atoms. The molecule has 0 aliphatic carbocycles. The molecule has 0 atom stereocenters. The fourth-order valence-electron chi connectivity index (χ4n) is 2.10. The van der Waals surface area contributed by atoms with Crippen molar-refractivity contribution in [3.8, 4) is 11.4 Å². The Morgan fingerprint density at radius 1 is 1.32 bits per heavy atom. The quantitative estimate of drug-likeness (QED) is 0.403. The SMILES string of the molecule is CCNC(=NCCOCC)NCCc1nc(-c2cccc(Cl)c2)no1. The van der Waals surface area contributed by atoms with Crippen LogP contribution in [0.1, 0.15) is 19.7 Å². The number of guanidine groups is 1. The highest BCUT2D eigenvalue weighted by molar-refractivity contribution is 6.30. The molecule has 0 saturated heterocycles. The number of ether oxygens (including phenoxy) is 1. The summed E-state index contributed by atoms with van der Waals surface area (Å²) >= 11 is 5.99. The predicted octanol–water partition coefficient (Wildman–Crippen LogP) is 2.52. The highest BCUT2D eigenvalue weighted by atomic mass is 35.5. The summed E-state index contributed by atoms with van der Waals surface area (Å²) in [6, 6.07) is 7.37. The van der Waals surface area contributed by atoms with E-state index in [-0.39, 0.29) is 0 Å². The normalized spacial score (nSPS) is 11.6. The Bertz CT molecular complexity index is 675. The lowest BCUT2D eigenvalue weighted by molar-refractivity contribution is 0.155. The molecule has 7 nitrogen and oxygen atoms in total. The van der Waals surface area contributed by atoms with Gasteiger partial charge in [0.2, 0.25) is 11.7 Å². The summed E-state index contributed by atoms with van der Waals surface area (Å²) < 4.78 is 10.6. The first-order valence-corrected chi connectivity index (χ1v) is 8.79. The average Bonchev–Trinajstić information content (AvgIpc) is 3.07. The van der Waals surface area contributed by atoms with Gasteiger partial charge >= 0.3 is 0 Å². The minimum absolute atomic E-state index is 0.537. The van der Waals surface area contributed by atoms with E-state index in [1.807, 2.05) is 38.1 Å². The van der Waals surface area contributed by atoms with E-state index in [0.29, 0.717) is 49.5 Å². The van der Waals surface area contributed by atoms with E-state index in [4.69, 9.17) is 20.9 Å². The minimum atomic E-state index is 0.537. The van der Waals surface area contributed by atoms with E-state index in [9.17, 15) is 0 Å². The maximum atomic E-state index is 5.99. The van der Waals surface area contributed by atoms with Crippen LogP contribution in [-0.4, -0.2) is 48.9 Å². The molecule has 8 heteroatoms. The van der Waals surface area contributed by atoms with Gasteiger partial charge in [-0.25, -0.2) is 0 Å². The highest BCUT2D eigenvalue weighted by Crippen LogP contribution is 2.19. The summed E-state index contributed by atoms with van der Waals surface area (Å²) in [7, 11) is 0. The van der Waals surface area contributed by atoms with Gasteiger partial charge in [0.25, 0.3) is 0 Å². The van der Waals surface area contributed by atoms with Crippen LogP contribution in [0.15, 0.2) is 33.8 Å². The fraction of sp³-hybridized carbons (Fsp3) is 0.471. The monoisotopic (exact) mass is 365 g/mol. The molecule has 0 saturated carbocycles. The molecule has 0 radical (unpaired) electrons. The summed E-state index contributed by atoms with van der Waals surface area (Å²) in [5, 5.41) is 11.1. The van der Waals surface area contributed by atoms with Gasteiger partial charge in [0.05, 0.1) is 13.2 Å². The molecule has 0 fully saturated rings. The van der Waals surface area contributed by atoms with Gasteiger partial charge < -0.3 is 19.9 Å². The summed E-state index contributed by atoms with van der Waals surface area (Å²) in [4.78, 5) is 8.83. The molecule has 0 amide bonds. The number of benzene rings is 1. The summed E-state index contributed by atoms with van der Waals surface area (Å²) in [6.07, 6.45) is 0.601. The van der Waals surface area contributed by atoms with Gasteiger partial charge in [-0.15, -0.1) is 0 Å². The van der Waals surface area contributed by atoms with E-state index in [0.717, 1.165) is 18.1 Å². The van der Waals surface area contributed by atoms with E-state index < -0.39 is 0 Å². The molecule has 136 valence electrons. The number of hydrogen-bond acceptors (Lipinski definition) is 5. The largest absolute Gasteiger partial charge is 0.380 e. The van der Waals surface area contributed by atoms with Crippen LogP contribution < -0.4 is 10.6 Å². The number of hydrogen-bond donors (Lipinski definition) is 2. The molecular weight excluding hydrogens is 342 g/mol. The Morgan fingerprint density at radius 2 is 2.20 bits per heavy atom. The van der Waals surface area contributed by atoms with E-state index in [1.165, 1.54) is 0 Å². The third-order valence-electron chi connectivity index (χ3n) is 3.24. The van der Waals surface area contributed by atoms with Gasteiger partial charge in [0.15, 0.2) is 5.96 Å². The van der Waals surface area contributed by atoms with Gasteiger partial charge in [-0.05, 0) is 26.0 Å². The number of nitrogens with one attached hydrogen (secondary N) is 2. The third-order valence-corrected chi connectivity index (χ3v) is 3.47. The van der Waals surface area contributed by atoms with Crippen LogP contribution in [-0.2, 0) is 11.2 Å². The van der Waals surface area contributed by atoms with Crippen LogP contribution in [0.5, 0.6) is 0 Å². The standard InChI is InChI=1S/C17H24ClN5O2/c1-3-19-17(21-10-11-24-4-2)20-9-8-15-22-16(23-25-15)13-6-5-7-14(18)12-13/h5-7,12H,3-4,8-11H2,1-2H3,(H2,19,20,21). The highest BCUT2D eigenvalue weighted by Gasteiger charge is 2.09. The topological polar surface area (TPSA) is 84.6 Å². The number of aromatic nitrogens is 2. The second-order valence-electron chi connectivity index (χ2n) is 5.16. The molecule has 0 aliphatic heterocycles. The summed E-state index contributed by atoms with van der Waals surface area (Å²) in [6.45, 7) is 7.34. The Hall–Kier alpha value is -2.12. The second kappa shape index (κ2) is 10.7. The Labute approximate surface area is 152 Å². The van der Waals surface area contributed by atoms with Crippen LogP contribution in [0.4, 0.5) is 0 Å². The summed E-state index contributed by atoms with van der Waals surface area (Å²) in [5.74, 6) is 1.85. The van der Waals surface area contributed by atoms with Crippen LogP contribution in [0.3, 0.4) is 0 Å². The van der Waals surface area contributed by atoms with Crippen molar-refractivity contribution in [3.63, 3.8) is 0 Å². The number of aliphatic imine (C=N–C) groups is 1. The fourth-order valence-corrected chi connectivity index (χ4v) is 2.29. The van der Waals surface area contributed by atoms with E-state index >= 15 is 0 Å². The maximum Gasteiger partial charge on any atom is 0.228 e. The van der Waals surface area contributed by atoms with E-state index in [2.05, 4.69) is 25.8 Å². The molecule has 2 N–H and O–H groups in total.